The van der Waals surface area contributed by atoms with Gasteiger partial charge in [-0.15, -0.1) is 0 Å². The van der Waals surface area contributed by atoms with E-state index in [1.807, 2.05) is 0 Å². The first-order valence-corrected chi connectivity index (χ1v) is 9.00. The largest absolute Gasteiger partial charge is 0.490 e. The van der Waals surface area contributed by atoms with Crippen LogP contribution in [0.1, 0.15) is 44.1 Å². The Kier molecular flexibility index (Phi) is 4.74. The molecule has 1 aromatic carbocycles. The molecule has 0 saturated heterocycles. The second kappa shape index (κ2) is 6.14. The lowest BCUT2D eigenvalue weighted by atomic mass is 10.1. The molecule has 5 heteroatoms. The minimum atomic E-state index is -3.67. The van der Waals surface area contributed by atoms with Crippen LogP contribution in [0.5, 0.6) is 5.75 Å². The molecule has 0 unspecified atom stereocenters. The van der Waals surface area contributed by atoms with Gasteiger partial charge in [0.25, 0.3) is 9.05 Å². The molecule has 2 rings (SSSR count). The third kappa shape index (κ3) is 4.11. The first-order valence-electron chi connectivity index (χ1n) is 6.69. The summed E-state index contributed by atoms with van der Waals surface area (Å²) in [5.41, 5.74) is 0.626. The van der Waals surface area contributed by atoms with E-state index in [1.165, 1.54) is 31.7 Å². The predicted molar refractivity (Wildman–Crippen MR) is 76.3 cm³/mol. The summed E-state index contributed by atoms with van der Waals surface area (Å²) in [7, 11) is 1.69. The van der Waals surface area contributed by atoms with Crippen LogP contribution in [-0.4, -0.2) is 14.5 Å². The van der Waals surface area contributed by atoms with Crippen molar-refractivity contribution < 1.29 is 13.2 Å². The maximum atomic E-state index is 11.3. The molecule has 3 nitrogen and oxygen atoms in total. The van der Waals surface area contributed by atoms with Crippen LogP contribution in [0, 0.1) is 6.92 Å². The zero-order valence-corrected chi connectivity index (χ0v) is 12.6. The summed E-state index contributed by atoms with van der Waals surface area (Å²) in [6.45, 7) is 1.73. The summed E-state index contributed by atoms with van der Waals surface area (Å²) >= 11 is 0. The lowest BCUT2D eigenvalue weighted by molar-refractivity contribution is 0.183. The molecule has 0 atom stereocenters. The van der Waals surface area contributed by atoms with Gasteiger partial charge in [0.2, 0.25) is 0 Å². The number of hydrogen-bond donors (Lipinski definition) is 0. The molecule has 0 aliphatic heterocycles. The van der Waals surface area contributed by atoms with Crippen molar-refractivity contribution in [2.45, 2.75) is 56.4 Å². The van der Waals surface area contributed by atoms with Gasteiger partial charge in [-0.3, -0.25) is 0 Å². The summed E-state index contributed by atoms with van der Waals surface area (Å²) in [6.07, 6.45) is 7.38. The van der Waals surface area contributed by atoms with Gasteiger partial charge in [-0.25, -0.2) is 8.42 Å². The monoisotopic (exact) mass is 302 g/mol. The Morgan fingerprint density at radius 2 is 1.79 bits per heavy atom. The van der Waals surface area contributed by atoms with E-state index >= 15 is 0 Å². The van der Waals surface area contributed by atoms with E-state index in [2.05, 4.69) is 0 Å². The van der Waals surface area contributed by atoms with Crippen LogP contribution in [0.3, 0.4) is 0 Å². The maximum Gasteiger partial charge on any atom is 0.261 e. The number of rotatable bonds is 3. The van der Waals surface area contributed by atoms with E-state index in [9.17, 15) is 8.42 Å². The van der Waals surface area contributed by atoms with Crippen LogP contribution < -0.4 is 4.74 Å². The Bertz CT molecular complexity index is 532. The van der Waals surface area contributed by atoms with Crippen molar-refractivity contribution in [3.8, 4) is 5.75 Å². The van der Waals surface area contributed by atoms with Crippen molar-refractivity contribution >= 4 is 19.7 Å². The normalized spacial score (nSPS) is 18.0. The molecular weight excluding hydrogens is 284 g/mol. The van der Waals surface area contributed by atoms with Gasteiger partial charge in [0.1, 0.15) is 5.75 Å². The Morgan fingerprint density at radius 3 is 2.32 bits per heavy atom. The van der Waals surface area contributed by atoms with Gasteiger partial charge in [0, 0.05) is 10.7 Å². The number of aryl methyl sites for hydroxylation is 1. The third-order valence-corrected chi connectivity index (χ3v) is 5.00. The molecule has 1 saturated carbocycles. The highest BCUT2D eigenvalue weighted by Gasteiger charge is 2.16. The van der Waals surface area contributed by atoms with Gasteiger partial charge < -0.3 is 4.74 Å². The van der Waals surface area contributed by atoms with E-state index in [-0.39, 0.29) is 11.0 Å². The lowest BCUT2D eigenvalue weighted by Gasteiger charge is -2.17. The van der Waals surface area contributed by atoms with Gasteiger partial charge in [-0.1, -0.05) is 12.8 Å². The van der Waals surface area contributed by atoms with Crippen molar-refractivity contribution in [3.05, 3.63) is 23.8 Å². The molecule has 0 radical (unpaired) electrons. The number of ether oxygens (including phenoxy) is 1. The van der Waals surface area contributed by atoms with Gasteiger partial charge >= 0.3 is 0 Å². The fraction of sp³-hybridized carbons (Fsp3) is 0.571. The van der Waals surface area contributed by atoms with Crippen LogP contribution in [0.2, 0.25) is 0 Å². The zero-order chi connectivity index (χ0) is 13.9. The van der Waals surface area contributed by atoms with Gasteiger partial charge in [-0.2, -0.15) is 0 Å². The Morgan fingerprint density at radius 1 is 1.16 bits per heavy atom. The Balaban J connectivity index is 2.11. The zero-order valence-electron chi connectivity index (χ0n) is 11.1. The molecule has 0 aromatic heterocycles. The molecule has 19 heavy (non-hydrogen) atoms. The van der Waals surface area contributed by atoms with Crippen LogP contribution in [0.15, 0.2) is 23.1 Å². The molecule has 0 amide bonds. The van der Waals surface area contributed by atoms with Crippen LogP contribution in [0.25, 0.3) is 0 Å². The van der Waals surface area contributed by atoms with Crippen LogP contribution >= 0.6 is 10.7 Å². The first-order chi connectivity index (χ1) is 8.97. The molecule has 0 bridgehead atoms. The molecule has 1 aliphatic carbocycles. The summed E-state index contributed by atoms with van der Waals surface area (Å²) in [5.74, 6) is 0.730. The lowest BCUT2D eigenvalue weighted by Crippen LogP contribution is -2.15. The van der Waals surface area contributed by atoms with E-state index in [0.29, 0.717) is 5.56 Å². The van der Waals surface area contributed by atoms with Gasteiger partial charge in [-0.05, 0) is 56.4 Å². The van der Waals surface area contributed by atoms with E-state index in [1.54, 1.807) is 19.1 Å². The van der Waals surface area contributed by atoms with Gasteiger partial charge in [0.15, 0.2) is 0 Å². The van der Waals surface area contributed by atoms with Crippen LogP contribution in [-0.2, 0) is 9.05 Å². The SMILES string of the molecule is Cc1cc(OC2CCCCCC2)ccc1S(=O)(=O)Cl. The fourth-order valence-electron chi connectivity index (χ4n) is 2.52. The smallest absolute Gasteiger partial charge is 0.261 e. The Hall–Kier alpha value is -0.740. The molecular formula is C14H19ClO3S. The summed E-state index contributed by atoms with van der Waals surface area (Å²) in [6, 6.07) is 4.96. The van der Waals surface area contributed by atoms with Gasteiger partial charge in [0.05, 0.1) is 11.0 Å². The fourth-order valence-corrected chi connectivity index (χ4v) is 3.71. The van der Waals surface area contributed by atoms with Crippen molar-refractivity contribution in [2.24, 2.45) is 0 Å². The highest BCUT2D eigenvalue weighted by molar-refractivity contribution is 8.13. The summed E-state index contributed by atoms with van der Waals surface area (Å²) in [4.78, 5) is 0.155. The topological polar surface area (TPSA) is 43.4 Å². The minimum Gasteiger partial charge on any atom is -0.490 e. The number of benzene rings is 1. The van der Waals surface area contributed by atoms with Crippen molar-refractivity contribution in [1.29, 1.82) is 0 Å². The van der Waals surface area contributed by atoms with E-state index in [0.717, 1.165) is 18.6 Å². The minimum absolute atomic E-state index is 0.155. The molecule has 0 heterocycles. The summed E-state index contributed by atoms with van der Waals surface area (Å²) in [5, 5.41) is 0. The number of hydrogen-bond acceptors (Lipinski definition) is 3. The van der Waals surface area contributed by atoms with E-state index in [4.69, 9.17) is 15.4 Å². The summed E-state index contributed by atoms with van der Waals surface area (Å²) < 4.78 is 28.6. The molecule has 1 aromatic rings. The molecule has 1 aliphatic rings. The molecule has 0 N–H and O–H groups in total. The first kappa shape index (κ1) is 14.7. The Labute approximate surface area is 119 Å². The van der Waals surface area contributed by atoms with Crippen molar-refractivity contribution in [3.63, 3.8) is 0 Å². The molecule has 1 fully saturated rings. The van der Waals surface area contributed by atoms with Crippen molar-refractivity contribution in [2.75, 3.05) is 0 Å². The van der Waals surface area contributed by atoms with E-state index < -0.39 is 9.05 Å². The maximum absolute atomic E-state index is 11.3. The highest BCUT2D eigenvalue weighted by atomic mass is 35.7. The standard InChI is InChI=1S/C14H19ClO3S/c1-11-10-13(8-9-14(11)19(15,16)17)18-12-6-4-2-3-5-7-12/h8-10,12H,2-7H2,1H3. The highest BCUT2D eigenvalue weighted by Crippen LogP contribution is 2.27. The van der Waals surface area contributed by atoms with Crippen molar-refractivity contribution in [1.82, 2.24) is 0 Å². The molecule has 106 valence electrons. The predicted octanol–water partition coefficient (Wildman–Crippen LogP) is 4.02. The quantitative estimate of drug-likeness (QED) is 0.625. The number of halogens is 1. The average Bonchev–Trinajstić information content (AvgIpc) is 2.56. The van der Waals surface area contributed by atoms with Crippen LogP contribution in [0.4, 0.5) is 0 Å². The second-order valence-electron chi connectivity index (χ2n) is 5.10. The second-order valence-corrected chi connectivity index (χ2v) is 7.63. The molecule has 0 spiro atoms. The third-order valence-electron chi connectivity index (χ3n) is 3.51. The average molecular weight is 303 g/mol.